The zero-order valence-corrected chi connectivity index (χ0v) is 35.2. The molecule has 2 aliphatic carbocycles. The normalized spacial score (nSPS) is 13.0. The predicted molar refractivity (Wildman–Crippen MR) is 266 cm³/mol. The molecule has 0 unspecified atom stereocenters. The van der Waals surface area contributed by atoms with Gasteiger partial charge < -0.3 is 9.47 Å². The first-order valence-electron chi connectivity index (χ1n) is 22.0. The van der Waals surface area contributed by atoms with Crippen LogP contribution in [0.1, 0.15) is 25.0 Å². The van der Waals surface area contributed by atoms with Gasteiger partial charge in [0.25, 0.3) is 0 Å². The number of fused-ring (bicyclic) bond motifs is 12. The summed E-state index contributed by atoms with van der Waals surface area (Å²) in [7, 11) is 0. The minimum Gasteiger partial charge on any atom is -0.310 e. The topological polar surface area (TPSA) is 8.17 Å². The molecule has 1 heterocycles. The first-order valence-corrected chi connectivity index (χ1v) is 22.0. The van der Waals surface area contributed by atoms with Crippen molar-refractivity contribution in [1.82, 2.24) is 4.57 Å². The number of hydrogen-bond acceptors (Lipinski definition) is 1. The highest BCUT2D eigenvalue weighted by Gasteiger charge is 2.36. The molecule has 0 amide bonds. The van der Waals surface area contributed by atoms with Crippen LogP contribution in [0.15, 0.2) is 218 Å². The highest BCUT2D eigenvalue weighted by atomic mass is 15.1. The van der Waals surface area contributed by atoms with Crippen molar-refractivity contribution in [3.8, 4) is 61.3 Å². The third-order valence-electron chi connectivity index (χ3n) is 13.9. The minimum absolute atomic E-state index is 0.112. The molecule has 11 aromatic rings. The Bertz CT molecular complexity index is 3620. The number of anilines is 3. The van der Waals surface area contributed by atoms with E-state index in [4.69, 9.17) is 0 Å². The lowest BCUT2D eigenvalue weighted by Crippen LogP contribution is -2.16. The van der Waals surface area contributed by atoms with Crippen LogP contribution in [-0.2, 0) is 5.41 Å². The van der Waals surface area contributed by atoms with E-state index in [0.717, 1.165) is 22.7 Å². The van der Waals surface area contributed by atoms with Crippen LogP contribution in [0.4, 0.5) is 17.1 Å². The Morgan fingerprint density at radius 3 is 1.71 bits per heavy atom. The van der Waals surface area contributed by atoms with Gasteiger partial charge >= 0.3 is 0 Å². The minimum atomic E-state index is -0.112. The van der Waals surface area contributed by atoms with Crippen LogP contribution in [0.2, 0.25) is 0 Å². The fourth-order valence-electron chi connectivity index (χ4n) is 11.0. The Morgan fingerprint density at radius 2 is 0.937 bits per heavy atom. The van der Waals surface area contributed by atoms with Crippen molar-refractivity contribution in [1.29, 1.82) is 0 Å². The van der Waals surface area contributed by atoms with Crippen molar-refractivity contribution >= 4 is 49.6 Å². The highest BCUT2D eigenvalue weighted by molar-refractivity contribution is 6.23. The van der Waals surface area contributed by atoms with Crippen LogP contribution < -0.4 is 4.90 Å². The second-order valence-corrected chi connectivity index (χ2v) is 17.7. The maximum Gasteiger partial charge on any atom is 0.0547 e. The third-order valence-corrected chi connectivity index (χ3v) is 13.9. The molecule has 0 spiro atoms. The van der Waals surface area contributed by atoms with Gasteiger partial charge in [0.2, 0.25) is 0 Å². The number of aromatic nitrogens is 1. The summed E-state index contributed by atoms with van der Waals surface area (Å²) in [6.45, 7) is 4.72. The van der Waals surface area contributed by atoms with E-state index in [-0.39, 0.29) is 5.41 Å². The van der Waals surface area contributed by atoms with E-state index in [1.54, 1.807) is 0 Å². The number of rotatable bonds is 5. The lowest BCUT2D eigenvalue weighted by Gasteiger charge is -2.28. The van der Waals surface area contributed by atoms with Crippen LogP contribution in [0.25, 0.3) is 93.9 Å². The molecule has 2 aliphatic rings. The SMILES string of the molecule is CC1(C)c2ccccc2-c2ccc(N(c3ccc(-c4ccccc4)cc3)c3ccc(-n4c5ccccc5c5c6c(ccc54)-c4cccc5cccc(c45)-c4ccccc4-6)cc3)cc21. The first-order chi connectivity index (χ1) is 31.0. The molecule has 296 valence electrons. The van der Waals surface area contributed by atoms with Gasteiger partial charge in [-0.25, -0.2) is 0 Å². The highest BCUT2D eigenvalue weighted by Crippen LogP contribution is 2.53. The fraction of sp³-hybridized carbons (Fsp3) is 0.0492. The van der Waals surface area contributed by atoms with Crippen LogP contribution in [-0.4, -0.2) is 4.57 Å². The lowest BCUT2D eigenvalue weighted by molar-refractivity contribution is 0.660. The van der Waals surface area contributed by atoms with E-state index in [9.17, 15) is 0 Å². The molecule has 0 saturated heterocycles. The lowest BCUT2D eigenvalue weighted by atomic mass is 9.82. The quantitative estimate of drug-likeness (QED) is 0.168. The first kappa shape index (κ1) is 35.8. The molecule has 0 saturated carbocycles. The predicted octanol–water partition coefficient (Wildman–Crippen LogP) is 16.7. The molecule has 0 bridgehead atoms. The average molecular weight is 803 g/mol. The summed E-state index contributed by atoms with van der Waals surface area (Å²) in [5.74, 6) is 0. The van der Waals surface area contributed by atoms with Gasteiger partial charge in [-0.1, -0.05) is 172 Å². The van der Waals surface area contributed by atoms with Crippen molar-refractivity contribution in [3.63, 3.8) is 0 Å². The molecular weight excluding hydrogens is 761 g/mol. The molecule has 2 nitrogen and oxygen atoms in total. The van der Waals surface area contributed by atoms with Crippen molar-refractivity contribution in [2.45, 2.75) is 19.3 Å². The molecule has 63 heavy (non-hydrogen) atoms. The summed E-state index contributed by atoms with van der Waals surface area (Å²) < 4.78 is 2.46. The molecule has 1 aromatic heterocycles. The largest absolute Gasteiger partial charge is 0.310 e. The monoisotopic (exact) mass is 802 g/mol. The molecular formula is C61H42N2. The van der Waals surface area contributed by atoms with Crippen LogP contribution >= 0.6 is 0 Å². The molecule has 0 aliphatic heterocycles. The van der Waals surface area contributed by atoms with E-state index in [0.29, 0.717) is 0 Å². The zero-order chi connectivity index (χ0) is 41.8. The Morgan fingerprint density at radius 1 is 0.365 bits per heavy atom. The van der Waals surface area contributed by atoms with Gasteiger partial charge in [-0.2, -0.15) is 0 Å². The van der Waals surface area contributed by atoms with Crippen LogP contribution in [0, 0.1) is 0 Å². The molecule has 10 aromatic carbocycles. The van der Waals surface area contributed by atoms with E-state index in [2.05, 4.69) is 242 Å². The van der Waals surface area contributed by atoms with E-state index in [1.807, 2.05) is 0 Å². The van der Waals surface area contributed by atoms with Crippen molar-refractivity contribution in [2.24, 2.45) is 0 Å². The molecule has 0 radical (unpaired) electrons. The van der Waals surface area contributed by atoms with Crippen molar-refractivity contribution < 1.29 is 0 Å². The van der Waals surface area contributed by atoms with Crippen molar-refractivity contribution in [2.75, 3.05) is 4.90 Å². The maximum atomic E-state index is 2.46. The third kappa shape index (κ3) is 5.25. The summed E-state index contributed by atoms with van der Waals surface area (Å²) in [4.78, 5) is 2.42. The number of nitrogens with zero attached hydrogens (tertiary/aromatic N) is 2. The van der Waals surface area contributed by atoms with Gasteiger partial charge in [-0.05, 0) is 133 Å². The Balaban J connectivity index is 0.987. The summed E-state index contributed by atoms with van der Waals surface area (Å²) in [6, 6.07) is 80.9. The second kappa shape index (κ2) is 13.5. The Kier molecular flexibility index (Phi) is 7.68. The summed E-state index contributed by atoms with van der Waals surface area (Å²) >= 11 is 0. The molecule has 0 fully saturated rings. The van der Waals surface area contributed by atoms with Crippen molar-refractivity contribution in [3.05, 3.63) is 230 Å². The number of hydrogen-bond donors (Lipinski definition) is 0. The van der Waals surface area contributed by atoms with Crippen LogP contribution in [0.5, 0.6) is 0 Å². The van der Waals surface area contributed by atoms with E-state index in [1.165, 1.54) is 99.3 Å². The zero-order valence-electron chi connectivity index (χ0n) is 35.2. The molecule has 13 rings (SSSR count). The van der Waals surface area contributed by atoms with Gasteiger partial charge in [0, 0.05) is 44.5 Å². The number of benzene rings is 10. The molecule has 0 atom stereocenters. The van der Waals surface area contributed by atoms with Gasteiger partial charge in [0.15, 0.2) is 0 Å². The summed E-state index contributed by atoms with van der Waals surface area (Å²) in [5.41, 5.74) is 22.3. The number of para-hydroxylation sites is 1. The second-order valence-electron chi connectivity index (χ2n) is 17.7. The standard InChI is InChI=1S/C61H42N2/c1-61(2)54-24-10-8-19-47(54)48-35-34-45(38-55(48)61)62(42-28-26-40(27-29-42)39-14-4-3-5-15-39)43-30-32-44(33-31-43)63-56-25-11-9-21-53(56)60-57(63)37-36-52-51-23-13-17-41-16-12-22-49(58(41)51)46-18-6-7-20-50(46)59(52)60/h3-38H,1-2H3. The smallest absolute Gasteiger partial charge is 0.0547 e. The van der Waals surface area contributed by atoms with Gasteiger partial charge in [-0.15, -0.1) is 0 Å². The van der Waals surface area contributed by atoms with E-state index < -0.39 is 0 Å². The van der Waals surface area contributed by atoms with Crippen LogP contribution in [0.3, 0.4) is 0 Å². The molecule has 0 N–H and O–H groups in total. The fourth-order valence-corrected chi connectivity index (χ4v) is 11.0. The molecule has 2 heteroatoms. The van der Waals surface area contributed by atoms with Gasteiger partial charge in [-0.3, -0.25) is 0 Å². The average Bonchev–Trinajstić information content (AvgIpc) is 3.75. The Labute approximate surface area is 367 Å². The summed E-state index contributed by atoms with van der Waals surface area (Å²) in [6.07, 6.45) is 0. The maximum absolute atomic E-state index is 2.46. The van der Waals surface area contributed by atoms with Gasteiger partial charge in [0.1, 0.15) is 0 Å². The Hall–Kier alpha value is -7.94. The van der Waals surface area contributed by atoms with Gasteiger partial charge in [0.05, 0.1) is 11.0 Å². The van der Waals surface area contributed by atoms with E-state index >= 15 is 0 Å². The summed E-state index contributed by atoms with van der Waals surface area (Å²) in [5, 5.41) is 5.13.